The number of fused-ring (bicyclic) bond motifs is 1. The number of aromatic nitrogens is 3. The Morgan fingerprint density at radius 3 is 2.68 bits per heavy atom. The molecule has 5 heteroatoms. The Morgan fingerprint density at radius 1 is 1.04 bits per heavy atom. The lowest BCUT2D eigenvalue weighted by Gasteiger charge is -2.13. The first-order valence-electron chi connectivity index (χ1n) is 9.39. The van der Waals surface area contributed by atoms with Crippen molar-refractivity contribution < 1.29 is 4.79 Å². The van der Waals surface area contributed by atoms with Gasteiger partial charge in [0.05, 0.1) is 23.0 Å². The number of carbonyl (C=O) groups is 1. The largest absolute Gasteiger partial charge is 0.321 e. The van der Waals surface area contributed by atoms with Crippen molar-refractivity contribution in [2.45, 2.75) is 27.2 Å². The number of anilines is 1. The number of pyridine rings is 1. The quantitative estimate of drug-likeness (QED) is 0.558. The highest BCUT2D eigenvalue weighted by Crippen LogP contribution is 2.23. The molecule has 0 aliphatic heterocycles. The van der Waals surface area contributed by atoms with E-state index >= 15 is 0 Å². The summed E-state index contributed by atoms with van der Waals surface area (Å²) in [6.07, 6.45) is 2.46. The monoisotopic (exact) mass is 370 g/mol. The molecular weight excluding hydrogens is 348 g/mol. The number of benzene rings is 2. The molecule has 2 heterocycles. The molecule has 0 saturated carbocycles. The molecule has 0 spiro atoms. The van der Waals surface area contributed by atoms with Gasteiger partial charge in [0.25, 0.3) is 5.91 Å². The molecule has 1 amide bonds. The van der Waals surface area contributed by atoms with Crippen LogP contribution in [0.3, 0.4) is 0 Å². The van der Waals surface area contributed by atoms with Crippen LogP contribution in [0.25, 0.3) is 16.7 Å². The van der Waals surface area contributed by atoms with E-state index in [9.17, 15) is 4.79 Å². The molecule has 1 N–H and O–H groups in total. The van der Waals surface area contributed by atoms with E-state index < -0.39 is 0 Å². The molecule has 4 rings (SSSR count). The van der Waals surface area contributed by atoms with Crippen LogP contribution >= 0.6 is 0 Å². The number of nitrogens with zero attached hydrogens (tertiary/aromatic N) is 3. The van der Waals surface area contributed by atoms with Gasteiger partial charge < -0.3 is 5.32 Å². The van der Waals surface area contributed by atoms with E-state index in [1.807, 2.05) is 68.4 Å². The number of para-hydroxylation sites is 2. The van der Waals surface area contributed by atoms with E-state index in [-0.39, 0.29) is 5.91 Å². The van der Waals surface area contributed by atoms with Gasteiger partial charge in [0.15, 0.2) is 5.82 Å². The van der Waals surface area contributed by atoms with Crippen LogP contribution in [0.5, 0.6) is 0 Å². The minimum atomic E-state index is -0.159. The van der Waals surface area contributed by atoms with Gasteiger partial charge in [0.2, 0.25) is 0 Å². The standard InChI is InChI=1S/C23H22N4O/c1-4-17-10-7-8-15(2)22(17)26-23(28)19-14-24-27(16(19)3)21-13-12-18-9-5-6-11-20(18)25-21/h5-14H,4H2,1-3H3,(H,26,28). The van der Waals surface area contributed by atoms with Gasteiger partial charge in [0, 0.05) is 11.1 Å². The summed E-state index contributed by atoms with van der Waals surface area (Å²) in [6.45, 7) is 5.97. The van der Waals surface area contributed by atoms with Crippen molar-refractivity contribution in [1.29, 1.82) is 0 Å². The van der Waals surface area contributed by atoms with Gasteiger partial charge in [-0.15, -0.1) is 0 Å². The maximum atomic E-state index is 12.9. The highest BCUT2D eigenvalue weighted by molar-refractivity contribution is 6.05. The second-order valence-electron chi connectivity index (χ2n) is 6.83. The molecule has 0 unspecified atom stereocenters. The first kappa shape index (κ1) is 17.9. The highest BCUT2D eigenvalue weighted by Gasteiger charge is 2.17. The zero-order valence-corrected chi connectivity index (χ0v) is 16.2. The topological polar surface area (TPSA) is 59.8 Å². The van der Waals surface area contributed by atoms with Gasteiger partial charge in [-0.2, -0.15) is 5.10 Å². The third kappa shape index (κ3) is 3.16. The van der Waals surface area contributed by atoms with E-state index in [4.69, 9.17) is 0 Å². The average molecular weight is 370 g/mol. The number of rotatable bonds is 4. The van der Waals surface area contributed by atoms with E-state index in [0.29, 0.717) is 11.4 Å². The highest BCUT2D eigenvalue weighted by atomic mass is 16.1. The van der Waals surface area contributed by atoms with Crippen LogP contribution in [0.1, 0.15) is 34.1 Å². The van der Waals surface area contributed by atoms with Crippen molar-refractivity contribution in [2.24, 2.45) is 0 Å². The number of nitrogens with one attached hydrogen (secondary N) is 1. The summed E-state index contributed by atoms with van der Waals surface area (Å²) in [4.78, 5) is 17.6. The van der Waals surface area contributed by atoms with Crippen molar-refractivity contribution in [3.05, 3.63) is 83.2 Å². The van der Waals surface area contributed by atoms with Gasteiger partial charge in [-0.25, -0.2) is 9.67 Å². The fourth-order valence-corrected chi connectivity index (χ4v) is 3.42. The second kappa shape index (κ2) is 7.27. The number of carbonyl (C=O) groups excluding carboxylic acids is 1. The number of amides is 1. The second-order valence-corrected chi connectivity index (χ2v) is 6.83. The molecule has 0 aliphatic rings. The van der Waals surface area contributed by atoms with E-state index in [2.05, 4.69) is 22.3 Å². The Labute approximate surface area is 164 Å². The maximum absolute atomic E-state index is 12.9. The lowest BCUT2D eigenvalue weighted by molar-refractivity contribution is 0.102. The van der Waals surface area contributed by atoms with Gasteiger partial charge in [-0.05, 0) is 49.6 Å². The van der Waals surface area contributed by atoms with Crippen molar-refractivity contribution in [2.75, 3.05) is 5.32 Å². The normalized spacial score (nSPS) is 11.0. The molecule has 0 aliphatic carbocycles. The van der Waals surface area contributed by atoms with Crippen LogP contribution < -0.4 is 5.32 Å². The summed E-state index contributed by atoms with van der Waals surface area (Å²) in [5.74, 6) is 0.536. The van der Waals surface area contributed by atoms with Crippen molar-refractivity contribution in [1.82, 2.24) is 14.8 Å². The molecule has 0 saturated heterocycles. The van der Waals surface area contributed by atoms with Crippen molar-refractivity contribution in [3.63, 3.8) is 0 Å². The Bertz CT molecular complexity index is 1180. The lowest BCUT2D eigenvalue weighted by Crippen LogP contribution is -2.15. The molecule has 0 bridgehead atoms. The summed E-state index contributed by atoms with van der Waals surface area (Å²) < 4.78 is 1.71. The van der Waals surface area contributed by atoms with Crippen LogP contribution in [0.15, 0.2) is 60.8 Å². The Morgan fingerprint density at radius 2 is 1.86 bits per heavy atom. The van der Waals surface area contributed by atoms with Gasteiger partial charge in [-0.1, -0.05) is 43.3 Å². The van der Waals surface area contributed by atoms with E-state index in [0.717, 1.165) is 39.8 Å². The van der Waals surface area contributed by atoms with Crippen LogP contribution in [-0.2, 0) is 6.42 Å². The first-order valence-corrected chi connectivity index (χ1v) is 9.39. The van der Waals surface area contributed by atoms with Crippen LogP contribution in [-0.4, -0.2) is 20.7 Å². The molecule has 28 heavy (non-hydrogen) atoms. The summed E-state index contributed by atoms with van der Waals surface area (Å²) in [6, 6.07) is 17.9. The van der Waals surface area contributed by atoms with Crippen molar-refractivity contribution in [3.8, 4) is 5.82 Å². The smallest absolute Gasteiger partial charge is 0.259 e. The number of hydrogen-bond acceptors (Lipinski definition) is 3. The Hall–Kier alpha value is -3.47. The Kier molecular flexibility index (Phi) is 4.65. The van der Waals surface area contributed by atoms with Gasteiger partial charge >= 0.3 is 0 Å². The average Bonchev–Trinajstić information content (AvgIpc) is 3.10. The molecular formula is C23H22N4O. The van der Waals surface area contributed by atoms with Crippen LogP contribution in [0, 0.1) is 13.8 Å². The SMILES string of the molecule is CCc1cccc(C)c1NC(=O)c1cnn(-c2ccc3ccccc3n2)c1C. The summed E-state index contributed by atoms with van der Waals surface area (Å²) in [5, 5.41) is 8.55. The fourth-order valence-electron chi connectivity index (χ4n) is 3.42. The molecule has 0 radical (unpaired) electrons. The third-order valence-corrected chi connectivity index (χ3v) is 5.03. The molecule has 4 aromatic rings. The molecule has 140 valence electrons. The molecule has 2 aromatic heterocycles. The molecule has 5 nitrogen and oxygen atoms in total. The Balaban J connectivity index is 1.67. The zero-order chi connectivity index (χ0) is 19.7. The van der Waals surface area contributed by atoms with Crippen molar-refractivity contribution >= 4 is 22.5 Å². The van der Waals surface area contributed by atoms with Gasteiger partial charge in [0.1, 0.15) is 0 Å². The number of hydrogen-bond donors (Lipinski definition) is 1. The predicted molar refractivity (Wildman–Crippen MR) is 112 cm³/mol. The minimum Gasteiger partial charge on any atom is -0.321 e. The predicted octanol–water partition coefficient (Wildman–Crippen LogP) is 4.85. The molecule has 0 atom stereocenters. The van der Waals surface area contributed by atoms with Gasteiger partial charge in [-0.3, -0.25) is 4.79 Å². The summed E-state index contributed by atoms with van der Waals surface area (Å²) in [7, 11) is 0. The minimum absolute atomic E-state index is 0.159. The third-order valence-electron chi connectivity index (χ3n) is 5.03. The number of aryl methyl sites for hydroxylation is 2. The molecule has 2 aromatic carbocycles. The van der Waals surface area contributed by atoms with E-state index in [1.165, 1.54) is 0 Å². The summed E-state index contributed by atoms with van der Waals surface area (Å²) >= 11 is 0. The van der Waals surface area contributed by atoms with Crippen LogP contribution in [0.4, 0.5) is 5.69 Å². The first-order chi connectivity index (χ1) is 13.6. The summed E-state index contributed by atoms with van der Waals surface area (Å²) in [5.41, 5.74) is 5.25. The molecule has 0 fully saturated rings. The lowest BCUT2D eigenvalue weighted by atomic mass is 10.1. The zero-order valence-electron chi connectivity index (χ0n) is 16.2. The van der Waals surface area contributed by atoms with Crippen LogP contribution in [0.2, 0.25) is 0 Å². The van der Waals surface area contributed by atoms with E-state index in [1.54, 1.807) is 10.9 Å². The fraction of sp³-hybridized carbons (Fsp3) is 0.174. The maximum Gasteiger partial charge on any atom is 0.259 e.